The average molecular weight is 234 g/mol. The van der Waals surface area contributed by atoms with Crippen LogP contribution >= 0.6 is 0 Å². The maximum Gasteiger partial charge on any atom is 0.228 e. The van der Waals surface area contributed by atoms with E-state index < -0.39 is 0 Å². The second-order valence-corrected chi connectivity index (χ2v) is 4.72. The van der Waals surface area contributed by atoms with Gasteiger partial charge in [0.05, 0.1) is 12.3 Å². The normalized spacial score (nSPS) is 27.6. The highest BCUT2D eigenvalue weighted by molar-refractivity contribution is 5.96. The molecule has 0 radical (unpaired) electrons. The number of rotatable bonds is 1. The van der Waals surface area contributed by atoms with E-state index in [2.05, 4.69) is 4.98 Å². The molecule has 1 aliphatic carbocycles. The number of aliphatic hydroxyl groups excluding tert-OH is 1. The monoisotopic (exact) mass is 234 g/mol. The number of hydrogen-bond donors (Lipinski definition) is 2. The van der Waals surface area contributed by atoms with E-state index in [4.69, 9.17) is 0 Å². The Morgan fingerprint density at radius 1 is 1.35 bits per heavy atom. The Balaban J connectivity index is 1.96. The van der Waals surface area contributed by atoms with E-state index in [9.17, 15) is 15.0 Å². The fraction of sp³-hybridized carbons (Fsp3) is 0.500. The summed E-state index contributed by atoms with van der Waals surface area (Å²) in [5, 5.41) is 18.7. The first-order chi connectivity index (χ1) is 8.15. The molecule has 0 aromatic carbocycles. The lowest BCUT2D eigenvalue weighted by atomic mass is 9.86. The van der Waals surface area contributed by atoms with Gasteiger partial charge in [0.1, 0.15) is 11.6 Å². The highest BCUT2D eigenvalue weighted by Gasteiger charge is 2.38. The molecule has 1 saturated carbocycles. The van der Waals surface area contributed by atoms with E-state index in [1.165, 1.54) is 6.20 Å². The largest absolute Gasteiger partial charge is 0.506 e. The van der Waals surface area contributed by atoms with Gasteiger partial charge in [-0.05, 0) is 30.9 Å². The summed E-state index contributed by atoms with van der Waals surface area (Å²) in [5.41, 5.74) is 0.908. The number of aromatic hydroxyl groups is 1. The Kier molecular flexibility index (Phi) is 2.29. The number of pyridine rings is 1. The number of nitrogens with zero attached hydrogens (tertiary/aromatic N) is 2. The summed E-state index contributed by atoms with van der Waals surface area (Å²) in [6.07, 6.45) is 3.38. The second-order valence-electron chi connectivity index (χ2n) is 4.72. The van der Waals surface area contributed by atoms with Crippen molar-refractivity contribution in [1.29, 1.82) is 0 Å². The van der Waals surface area contributed by atoms with Crippen LogP contribution in [0.5, 0.6) is 5.75 Å². The predicted molar refractivity (Wildman–Crippen MR) is 60.7 cm³/mol. The van der Waals surface area contributed by atoms with E-state index in [0.29, 0.717) is 31.5 Å². The molecule has 5 heteroatoms. The predicted octanol–water partition coefficient (Wildman–Crippen LogP) is 0.590. The molecule has 1 aromatic rings. The maximum absolute atomic E-state index is 11.9. The molecule has 0 atom stereocenters. The van der Waals surface area contributed by atoms with Gasteiger partial charge >= 0.3 is 0 Å². The topological polar surface area (TPSA) is 73.7 Å². The fourth-order valence-electron chi connectivity index (χ4n) is 2.52. The van der Waals surface area contributed by atoms with Crippen molar-refractivity contribution in [3.05, 3.63) is 17.8 Å². The van der Waals surface area contributed by atoms with Crippen LogP contribution in [0.3, 0.4) is 0 Å². The Morgan fingerprint density at radius 3 is 2.82 bits per heavy atom. The van der Waals surface area contributed by atoms with Crippen LogP contribution in [0.4, 0.5) is 5.82 Å². The molecular formula is C12H14N2O3. The molecule has 1 aromatic heterocycles. The Morgan fingerprint density at radius 2 is 2.12 bits per heavy atom. The number of amides is 1. The summed E-state index contributed by atoms with van der Waals surface area (Å²) < 4.78 is 0. The van der Waals surface area contributed by atoms with Crippen molar-refractivity contribution >= 4 is 11.7 Å². The van der Waals surface area contributed by atoms with Gasteiger partial charge in [-0.2, -0.15) is 0 Å². The van der Waals surface area contributed by atoms with Gasteiger partial charge < -0.3 is 10.2 Å². The lowest BCUT2D eigenvalue weighted by Gasteiger charge is -2.42. The Hall–Kier alpha value is -1.62. The third-order valence-corrected chi connectivity index (χ3v) is 3.49. The number of carbonyl (C=O) groups is 1. The molecule has 0 spiro atoms. The van der Waals surface area contributed by atoms with Gasteiger partial charge in [-0.15, -0.1) is 0 Å². The van der Waals surface area contributed by atoms with Crippen molar-refractivity contribution in [3.63, 3.8) is 0 Å². The lowest BCUT2D eigenvalue weighted by Crippen LogP contribution is -2.52. The summed E-state index contributed by atoms with van der Waals surface area (Å²) in [6, 6.07) is 1.73. The molecule has 0 bridgehead atoms. The second kappa shape index (κ2) is 3.70. The van der Waals surface area contributed by atoms with Crippen LogP contribution in [0.1, 0.15) is 24.8 Å². The number of aromatic nitrogens is 1. The van der Waals surface area contributed by atoms with E-state index in [0.717, 1.165) is 5.56 Å². The van der Waals surface area contributed by atoms with E-state index >= 15 is 0 Å². The first kappa shape index (κ1) is 10.5. The van der Waals surface area contributed by atoms with Crippen molar-refractivity contribution in [2.75, 3.05) is 4.90 Å². The zero-order valence-corrected chi connectivity index (χ0v) is 9.33. The molecule has 17 heavy (non-hydrogen) atoms. The van der Waals surface area contributed by atoms with Crippen LogP contribution in [0, 0.1) is 0 Å². The standard InChI is InChI=1S/C12H14N2O3/c15-9-4-8(5-9)14-11(17)2-1-7-3-10(16)6-13-12(7)14/h3,6,8-9,15-16H,1-2,4-5H2/t8-,9+. The molecule has 1 aliphatic heterocycles. The number of fused-ring (bicyclic) bond motifs is 1. The van der Waals surface area contributed by atoms with Gasteiger partial charge in [0.2, 0.25) is 5.91 Å². The molecule has 2 N–H and O–H groups in total. The summed E-state index contributed by atoms with van der Waals surface area (Å²) >= 11 is 0. The molecule has 2 aliphatic rings. The molecule has 2 heterocycles. The summed E-state index contributed by atoms with van der Waals surface area (Å²) in [7, 11) is 0. The quantitative estimate of drug-likeness (QED) is 0.745. The van der Waals surface area contributed by atoms with Crippen molar-refractivity contribution < 1.29 is 15.0 Å². The van der Waals surface area contributed by atoms with E-state index in [1.807, 2.05) is 0 Å². The minimum absolute atomic E-state index is 0.0626. The third kappa shape index (κ3) is 1.67. The highest BCUT2D eigenvalue weighted by Crippen LogP contribution is 2.35. The van der Waals surface area contributed by atoms with Gasteiger partial charge in [-0.3, -0.25) is 9.69 Å². The zero-order chi connectivity index (χ0) is 12.0. The van der Waals surface area contributed by atoms with Crippen LogP contribution in [0.15, 0.2) is 12.3 Å². The summed E-state index contributed by atoms with van der Waals surface area (Å²) in [6.45, 7) is 0. The molecule has 1 amide bonds. The number of hydrogen-bond acceptors (Lipinski definition) is 4. The van der Waals surface area contributed by atoms with Crippen LogP contribution < -0.4 is 4.90 Å². The molecule has 0 unspecified atom stereocenters. The molecule has 5 nitrogen and oxygen atoms in total. The van der Waals surface area contributed by atoms with Crippen LogP contribution in [0.25, 0.3) is 0 Å². The first-order valence-corrected chi connectivity index (χ1v) is 5.83. The zero-order valence-electron chi connectivity index (χ0n) is 9.33. The SMILES string of the molecule is O=C1CCc2cc(O)cnc2N1[C@H]1C[C@@H](O)C1. The number of aryl methyl sites for hydroxylation is 1. The molecule has 1 fully saturated rings. The summed E-state index contributed by atoms with van der Waals surface area (Å²) in [5.74, 6) is 0.843. The van der Waals surface area contributed by atoms with Crippen LogP contribution in [0.2, 0.25) is 0 Å². The van der Waals surface area contributed by atoms with Crippen molar-refractivity contribution in [2.24, 2.45) is 0 Å². The number of carbonyl (C=O) groups excluding carboxylic acids is 1. The van der Waals surface area contributed by atoms with E-state index in [-0.39, 0.29) is 23.8 Å². The van der Waals surface area contributed by atoms with Gasteiger partial charge in [0.25, 0.3) is 0 Å². The molecule has 90 valence electrons. The smallest absolute Gasteiger partial charge is 0.228 e. The van der Waals surface area contributed by atoms with Crippen molar-refractivity contribution in [3.8, 4) is 5.75 Å². The molecule has 3 rings (SSSR count). The minimum Gasteiger partial charge on any atom is -0.506 e. The first-order valence-electron chi connectivity index (χ1n) is 5.83. The summed E-state index contributed by atoms with van der Waals surface area (Å²) in [4.78, 5) is 17.8. The van der Waals surface area contributed by atoms with Crippen molar-refractivity contribution in [2.45, 2.75) is 37.8 Å². The minimum atomic E-state index is -0.296. The molecule has 0 saturated heterocycles. The van der Waals surface area contributed by atoms with Gasteiger partial charge in [-0.25, -0.2) is 4.98 Å². The Labute approximate surface area is 98.7 Å². The molecular weight excluding hydrogens is 220 g/mol. The number of aliphatic hydroxyl groups is 1. The van der Waals surface area contributed by atoms with Crippen LogP contribution in [-0.4, -0.2) is 33.3 Å². The van der Waals surface area contributed by atoms with Gasteiger partial charge in [-0.1, -0.05) is 0 Å². The van der Waals surface area contributed by atoms with Crippen LogP contribution in [-0.2, 0) is 11.2 Å². The van der Waals surface area contributed by atoms with Gasteiger partial charge in [0, 0.05) is 12.5 Å². The van der Waals surface area contributed by atoms with E-state index in [1.54, 1.807) is 11.0 Å². The number of anilines is 1. The van der Waals surface area contributed by atoms with Crippen molar-refractivity contribution in [1.82, 2.24) is 4.98 Å². The average Bonchev–Trinajstić information content (AvgIpc) is 2.26. The third-order valence-electron chi connectivity index (χ3n) is 3.49. The fourth-order valence-corrected chi connectivity index (χ4v) is 2.52. The Bertz CT molecular complexity index is 469. The van der Waals surface area contributed by atoms with Gasteiger partial charge in [0.15, 0.2) is 0 Å². The lowest BCUT2D eigenvalue weighted by molar-refractivity contribution is -0.120. The highest BCUT2D eigenvalue weighted by atomic mass is 16.3. The maximum atomic E-state index is 11.9.